The third kappa shape index (κ3) is 4.10. The van der Waals surface area contributed by atoms with Crippen molar-refractivity contribution in [2.24, 2.45) is 11.7 Å². The Bertz CT molecular complexity index is 374. The lowest BCUT2D eigenvalue weighted by atomic mass is 9.87. The van der Waals surface area contributed by atoms with Crippen LogP contribution < -0.4 is 10.5 Å². The molecule has 1 unspecified atom stereocenters. The van der Waals surface area contributed by atoms with Crippen LogP contribution in [0.2, 0.25) is 0 Å². The standard InChI is InChI=1S/C14H21NO2/c1-10(2)8-11(9-14(15)16)12-6-4-5-7-13(12)17-3/h4-7,10-11H,8-9H2,1-3H3,(H2,15,16). The molecule has 0 saturated carbocycles. The molecule has 94 valence electrons. The summed E-state index contributed by atoms with van der Waals surface area (Å²) < 4.78 is 5.34. The normalized spacial score (nSPS) is 12.5. The van der Waals surface area contributed by atoms with E-state index in [1.165, 1.54) is 0 Å². The Hall–Kier alpha value is -1.51. The molecule has 0 aliphatic rings. The first-order valence-corrected chi connectivity index (χ1v) is 5.95. The van der Waals surface area contributed by atoms with Gasteiger partial charge >= 0.3 is 0 Å². The molecule has 0 aliphatic carbocycles. The zero-order chi connectivity index (χ0) is 12.8. The molecular weight excluding hydrogens is 214 g/mol. The van der Waals surface area contributed by atoms with E-state index in [4.69, 9.17) is 10.5 Å². The molecule has 0 bridgehead atoms. The highest BCUT2D eigenvalue weighted by Crippen LogP contribution is 2.33. The molecule has 17 heavy (non-hydrogen) atoms. The van der Waals surface area contributed by atoms with Gasteiger partial charge < -0.3 is 10.5 Å². The van der Waals surface area contributed by atoms with E-state index < -0.39 is 0 Å². The summed E-state index contributed by atoms with van der Waals surface area (Å²) >= 11 is 0. The fourth-order valence-electron chi connectivity index (χ4n) is 2.14. The number of para-hydroxylation sites is 1. The lowest BCUT2D eigenvalue weighted by Gasteiger charge is -2.20. The molecule has 1 rings (SSSR count). The molecule has 0 heterocycles. The summed E-state index contributed by atoms with van der Waals surface area (Å²) in [7, 11) is 1.65. The first-order chi connectivity index (χ1) is 8.04. The average molecular weight is 235 g/mol. The summed E-state index contributed by atoms with van der Waals surface area (Å²) in [4.78, 5) is 11.1. The summed E-state index contributed by atoms with van der Waals surface area (Å²) in [6, 6.07) is 7.82. The SMILES string of the molecule is COc1ccccc1C(CC(N)=O)CC(C)C. The number of amides is 1. The van der Waals surface area contributed by atoms with Gasteiger partial charge in [0.25, 0.3) is 0 Å². The van der Waals surface area contributed by atoms with Crippen molar-refractivity contribution in [1.82, 2.24) is 0 Å². The van der Waals surface area contributed by atoms with Crippen molar-refractivity contribution < 1.29 is 9.53 Å². The van der Waals surface area contributed by atoms with Crippen molar-refractivity contribution in [3.8, 4) is 5.75 Å². The van der Waals surface area contributed by atoms with Crippen molar-refractivity contribution in [1.29, 1.82) is 0 Å². The maximum absolute atomic E-state index is 11.1. The predicted octanol–water partition coefficient (Wildman–Crippen LogP) is 2.70. The minimum Gasteiger partial charge on any atom is -0.496 e. The molecule has 1 aromatic carbocycles. The van der Waals surface area contributed by atoms with E-state index in [-0.39, 0.29) is 11.8 Å². The number of methoxy groups -OCH3 is 1. The number of carbonyl (C=O) groups excluding carboxylic acids is 1. The maximum atomic E-state index is 11.1. The van der Waals surface area contributed by atoms with Crippen molar-refractivity contribution in [3.05, 3.63) is 29.8 Å². The number of hydrogen-bond acceptors (Lipinski definition) is 2. The molecule has 0 radical (unpaired) electrons. The Balaban J connectivity index is 2.98. The highest BCUT2D eigenvalue weighted by molar-refractivity contribution is 5.75. The van der Waals surface area contributed by atoms with Crippen molar-refractivity contribution >= 4 is 5.91 Å². The fourth-order valence-corrected chi connectivity index (χ4v) is 2.14. The lowest BCUT2D eigenvalue weighted by Crippen LogP contribution is -2.17. The first-order valence-electron chi connectivity index (χ1n) is 5.95. The third-order valence-corrected chi connectivity index (χ3v) is 2.78. The van der Waals surface area contributed by atoms with E-state index in [2.05, 4.69) is 13.8 Å². The van der Waals surface area contributed by atoms with Crippen LogP contribution in [0.1, 0.15) is 38.2 Å². The van der Waals surface area contributed by atoms with Crippen LogP contribution in [0.3, 0.4) is 0 Å². The fraction of sp³-hybridized carbons (Fsp3) is 0.500. The molecule has 3 heteroatoms. The minimum absolute atomic E-state index is 0.142. The predicted molar refractivity (Wildman–Crippen MR) is 69.0 cm³/mol. The van der Waals surface area contributed by atoms with Crippen LogP contribution >= 0.6 is 0 Å². The van der Waals surface area contributed by atoms with Crippen molar-refractivity contribution in [2.75, 3.05) is 7.11 Å². The van der Waals surface area contributed by atoms with E-state index in [0.717, 1.165) is 17.7 Å². The van der Waals surface area contributed by atoms with Crippen molar-refractivity contribution in [3.63, 3.8) is 0 Å². The van der Waals surface area contributed by atoms with Gasteiger partial charge in [0.2, 0.25) is 5.91 Å². The van der Waals surface area contributed by atoms with Gasteiger partial charge in [-0.25, -0.2) is 0 Å². The molecular formula is C14H21NO2. The molecule has 0 saturated heterocycles. The van der Waals surface area contributed by atoms with E-state index in [1.807, 2.05) is 24.3 Å². The zero-order valence-corrected chi connectivity index (χ0v) is 10.8. The van der Waals surface area contributed by atoms with Crippen LogP contribution in [0.4, 0.5) is 0 Å². The molecule has 1 aromatic rings. The minimum atomic E-state index is -0.262. The summed E-state index contributed by atoms with van der Waals surface area (Å²) in [6.07, 6.45) is 1.31. The van der Waals surface area contributed by atoms with Gasteiger partial charge in [0.15, 0.2) is 0 Å². The van der Waals surface area contributed by atoms with Crippen LogP contribution in [-0.4, -0.2) is 13.0 Å². The second kappa shape index (κ2) is 6.28. The Morgan fingerprint density at radius 1 is 1.35 bits per heavy atom. The van der Waals surface area contributed by atoms with Gasteiger partial charge in [-0.05, 0) is 29.9 Å². The molecule has 0 aromatic heterocycles. The van der Waals surface area contributed by atoms with Crippen LogP contribution in [0.5, 0.6) is 5.75 Å². The van der Waals surface area contributed by atoms with E-state index in [0.29, 0.717) is 12.3 Å². The van der Waals surface area contributed by atoms with Gasteiger partial charge in [-0.15, -0.1) is 0 Å². The number of rotatable bonds is 6. The molecule has 0 spiro atoms. The summed E-state index contributed by atoms with van der Waals surface area (Å²) in [5.74, 6) is 1.23. The van der Waals surface area contributed by atoms with Gasteiger partial charge in [0.05, 0.1) is 7.11 Å². The quantitative estimate of drug-likeness (QED) is 0.824. The zero-order valence-electron chi connectivity index (χ0n) is 10.8. The number of ether oxygens (including phenoxy) is 1. The molecule has 1 amide bonds. The molecule has 0 aliphatic heterocycles. The van der Waals surface area contributed by atoms with E-state index in [9.17, 15) is 4.79 Å². The second-order valence-electron chi connectivity index (χ2n) is 4.74. The third-order valence-electron chi connectivity index (χ3n) is 2.78. The molecule has 0 fully saturated rings. The average Bonchev–Trinajstić information content (AvgIpc) is 2.27. The topological polar surface area (TPSA) is 52.3 Å². The van der Waals surface area contributed by atoms with Gasteiger partial charge in [-0.1, -0.05) is 32.0 Å². The molecule has 1 atom stereocenters. The number of hydrogen-bond donors (Lipinski definition) is 1. The first kappa shape index (κ1) is 13.6. The number of primary amides is 1. The van der Waals surface area contributed by atoms with Crippen molar-refractivity contribution in [2.45, 2.75) is 32.6 Å². The lowest BCUT2D eigenvalue weighted by molar-refractivity contribution is -0.118. The Kier molecular flexibility index (Phi) is 5.01. The highest BCUT2D eigenvalue weighted by atomic mass is 16.5. The Morgan fingerprint density at radius 3 is 2.53 bits per heavy atom. The van der Waals surface area contributed by atoms with Crippen LogP contribution in [0.15, 0.2) is 24.3 Å². The van der Waals surface area contributed by atoms with Gasteiger partial charge in [0, 0.05) is 6.42 Å². The summed E-state index contributed by atoms with van der Waals surface area (Å²) in [5, 5.41) is 0. The van der Waals surface area contributed by atoms with Crippen LogP contribution in [0, 0.1) is 5.92 Å². The number of carbonyl (C=O) groups is 1. The number of nitrogens with two attached hydrogens (primary N) is 1. The summed E-state index contributed by atoms with van der Waals surface area (Å²) in [5.41, 5.74) is 6.39. The van der Waals surface area contributed by atoms with Gasteiger partial charge in [0.1, 0.15) is 5.75 Å². The van der Waals surface area contributed by atoms with Gasteiger partial charge in [-0.2, -0.15) is 0 Å². The summed E-state index contributed by atoms with van der Waals surface area (Å²) in [6.45, 7) is 4.28. The smallest absolute Gasteiger partial charge is 0.218 e. The largest absolute Gasteiger partial charge is 0.496 e. The van der Waals surface area contributed by atoms with Gasteiger partial charge in [-0.3, -0.25) is 4.79 Å². The van der Waals surface area contributed by atoms with E-state index >= 15 is 0 Å². The highest BCUT2D eigenvalue weighted by Gasteiger charge is 2.19. The van der Waals surface area contributed by atoms with E-state index in [1.54, 1.807) is 7.11 Å². The Morgan fingerprint density at radius 2 is 2.00 bits per heavy atom. The van der Waals surface area contributed by atoms with Crippen LogP contribution in [-0.2, 0) is 4.79 Å². The van der Waals surface area contributed by atoms with Crippen LogP contribution in [0.25, 0.3) is 0 Å². The Labute approximate surface area is 103 Å². The second-order valence-corrected chi connectivity index (χ2v) is 4.74. The molecule has 3 nitrogen and oxygen atoms in total. The number of benzene rings is 1. The maximum Gasteiger partial charge on any atom is 0.218 e. The monoisotopic (exact) mass is 235 g/mol. The molecule has 2 N–H and O–H groups in total.